The summed E-state index contributed by atoms with van der Waals surface area (Å²) in [5.74, 6) is 0.123. The highest BCUT2D eigenvalue weighted by molar-refractivity contribution is 7.89. The van der Waals surface area contributed by atoms with Crippen LogP contribution in [0.25, 0.3) is 0 Å². The summed E-state index contributed by atoms with van der Waals surface area (Å²) in [5.41, 5.74) is 1.72. The third kappa shape index (κ3) is 9.28. The van der Waals surface area contributed by atoms with Crippen molar-refractivity contribution in [3.8, 4) is 0 Å². The zero-order valence-corrected chi connectivity index (χ0v) is 22.5. The first-order chi connectivity index (χ1) is 16.5. The van der Waals surface area contributed by atoms with E-state index in [2.05, 4.69) is 23.9 Å². The molecule has 192 valence electrons. The van der Waals surface area contributed by atoms with E-state index in [0.717, 1.165) is 17.5 Å². The number of hydrogen-bond acceptors (Lipinski definition) is 4. The monoisotopic (exact) mass is 521 g/mol. The van der Waals surface area contributed by atoms with Crippen LogP contribution in [0, 0.1) is 5.92 Å². The van der Waals surface area contributed by atoms with E-state index in [0.29, 0.717) is 30.5 Å². The minimum atomic E-state index is -3.52. The summed E-state index contributed by atoms with van der Waals surface area (Å²) in [6, 6.07) is 13.1. The van der Waals surface area contributed by atoms with Crippen LogP contribution in [0.5, 0.6) is 0 Å². The molecule has 0 aliphatic rings. The molecule has 2 rings (SSSR count). The van der Waals surface area contributed by atoms with Gasteiger partial charge in [-0.3, -0.25) is 9.59 Å². The maximum atomic E-state index is 13.2. The van der Waals surface area contributed by atoms with E-state index in [1.54, 1.807) is 43.0 Å². The number of nitrogens with zero attached hydrogens (tertiary/aromatic N) is 1. The van der Waals surface area contributed by atoms with Gasteiger partial charge in [0, 0.05) is 31.1 Å². The van der Waals surface area contributed by atoms with Crippen molar-refractivity contribution >= 4 is 33.4 Å². The van der Waals surface area contributed by atoms with Gasteiger partial charge in [0.2, 0.25) is 21.8 Å². The molecule has 0 bridgehead atoms. The molecule has 1 unspecified atom stereocenters. The van der Waals surface area contributed by atoms with Crippen LogP contribution >= 0.6 is 11.6 Å². The van der Waals surface area contributed by atoms with Crippen LogP contribution in [0.2, 0.25) is 5.02 Å². The standard InChI is InChI=1S/C26H36ClN3O4S/c1-5-29-35(33,34)24-13-8-21(9-14-24)10-15-25(31)30(18-22-6-11-23(27)12-7-22)20(4)26(32)28-17-16-19(2)3/h6-9,11-14,19-20,29H,5,10,15-18H2,1-4H3,(H,28,32). The lowest BCUT2D eigenvalue weighted by Gasteiger charge is -2.29. The Hall–Kier alpha value is -2.42. The molecule has 7 nitrogen and oxygen atoms in total. The zero-order valence-electron chi connectivity index (χ0n) is 20.9. The Kier molecular flexibility index (Phi) is 11.2. The number of sulfonamides is 1. The minimum absolute atomic E-state index is 0.157. The second kappa shape index (κ2) is 13.6. The molecule has 0 saturated carbocycles. The molecule has 0 fully saturated rings. The van der Waals surface area contributed by atoms with Crippen LogP contribution in [0.4, 0.5) is 0 Å². The second-order valence-electron chi connectivity index (χ2n) is 8.94. The Balaban J connectivity index is 2.10. The summed E-state index contributed by atoms with van der Waals surface area (Å²) in [6.07, 6.45) is 1.48. The van der Waals surface area contributed by atoms with Gasteiger partial charge in [-0.05, 0) is 61.1 Å². The van der Waals surface area contributed by atoms with Crippen molar-refractivity contribution < 1.29 is 18.0 Å². The van der Waals surface area contributed by atoms with E-state index in [1.165, 1.54) is 12.1 Å². The van der Waals surface area contributed by atoms with Crippen molar-refractivity contribution in [3.05, 3.63) is 64.7 Å². The van der Waals surface area contributed by atoms with E-state index in [-0.39, 0.29) is 29.7 Å². The number of hydrogen-bond donors (Lipinski definition) is 2. The Bertz CT molecular complexity index is 1070. The van der Waals surface area contributed by atoms with E-state index in [1.807, 2.05) is 12.1 Å². The van der Waals surface area contributed by atoms with Gasteiger partial charge >= 0.3 is 0 Å². The Morgan fingerprint density at radius 3 is 2.14 bits per heavy atom. The van der Waals surface area contributed by atoms with Gasteiger partial charge in [-0.2, -0.15) is 0 Å². The quantitative estimate of drug-likeness (QED) is 0.414. The minimum Gasteiger partial charge on any atom is -0.354 e. The molecule has 0 saturated heterocycles. The SMILES string of the molecule is CCNS(=O)(=O)c1ccc(CCC(=O)N(Cc2ccc(Cl)cc2)C(C)C(=O)NCCC(C)C)cc1. The van der Waals surface area contributed by atoms with Crippen molar-refractivity contribution in [1.82, 2.24) is 14.9 Å². The second-order valence-corrected chi connectivity index (χ2v) is 11.1. The summed E-state index contributed by atoms with van der Waals surface area (Å²) < 4.78 is 26.7. The fourth-order valence-corrected chi connectivity index (χ4v) is 4.67. The molecular weight excluding hydrogens is 486 g/mol. The molecule has 0 aromatic heterocycles. The number of amides is 2. The van der Waals surface area contributed by atoms with Crippen LogP contribution in [0.1, 0.15) is 51.7 Å². The van der Waals surface area contributed by atoms with E-state index >= 15 is 0 Å². The van der Waals surface area contributed by atoms with Crippen molar-refractivity contribution in [1.29, 1.82) is 0 Å². The zero-order chi connectivity index (χ0) is 26.0. The molecule has 2 amide bonds. The molecule has 0 radical (unpaired) electrons. The summed E-state index contributed by atoms with van der Waals surface area (Å²) in [6.45, 7) is 8.80. The summed E-state index contributed by atoms with van der Waals surface area (Å²) in [7, 11) is -3.52. The van der Waals surface area contributed by atoms with Gasteiger partial charge < -0.3 is 10.2 Å². The predicted octanol–water partition coefficient (Wildman–Crippen LogP) is 4.15. The molecule has 35 heavy (non-hydrogen) atoms. The normalized spacial score (nSPS) is 12.4. The number of carbonyl (C=O) groups excluding carboxylic acids is 2. The number of nitrogens with one attached hydrogen (secondary N) is 2. The smallest absolute Gasteiger partial charge is 0.242 e. The molecule has 0 aliphatic heterocycles. The van der Waals surface area contributed by atoms with E-state index in [9.17, 15) is 18.0 Å². The van der Waals surface area contributed by atoms with Crippen molar-refractivity contribution in [2.24, 2.45) is 5.92 Å². The number of halogens is 1. The van der Waals surface area contributed by atoms with Crippen LogP contribution < -0.4 is 10.0 Å². The van der Waals surface area contributed by atoms with Crippen molar-refractivity contribution in [2.45, 2.75) is 64.4 Å². The van der Waals surface area contributed by atoms with Crippen LogP contribution in [-0.4, -0.2) is 44.3 Å². The topological polar surface area (TPSA) is 95.6 Å². The number of aryl methyl sites for hydroxylation is 1. The average Bonchev–Trinajstić information content (AvgIpc) is 2.81. The van der Waals surface area contributed by atoms with Gasteiger partial charge in [-0.1, -0.05) is 56.6 Å². The first kappa shape index (κ1) is 28.8. The molecule has 1 atom stereocenters. The Morgan fingerprint density at radius 1 is 0.971 bits per heavy atom. The molecule has 0 aliphatic carbocycles. The van der Waals surface area contributed by atoms with Gasteiger partial charge in [0.05, 0.1) is 4.90 Å². The summed E-state index contributed by atoms with van der Waals surface area (Å²) in [4.78, 5) is 27.8. The predicted molar refractivity (Wildman–Crippen MR) is 140 cm³/mol. The lowest BCUT2D eigenvalue weighted by Crippen LogP contribution is -2.48. The van der Waals surface area contributed by atoms with Crippen molar-refractivity contribution in [2.75, 3.05) is 13.1 Å². The fourth-order valence-electron chi connectivity index (χ4n) is 3.50. The fraction of sp³-hybridized carbons (Fsp3) is 0.462. The molecule has 2 N–H and O–H groups in total. The first-order valence-corrected chi connectivity index (χ1v) is 13.8. The lowest BCUT2D eigenvalue weighted by atomic mass is 10.1. The van der Waals surface area contributed by atoms with Gasteiger partial charge in [0.1, 0.15) is 6.04 Å². The van der Waals surface area contributed by atoms with Crippen LogP contribution in [-0.2, 0) is 32.6 Å². The number of benzene rings is 2. The molecular formula is C26H36ClN3O4S. The average molecular weight is 522 g/mol. The Morgan fingerprint density at radius 2 is 1.57 bits per heavy atom. The molecule has 0 spiro atoms. The third-order valence-corrected chi connectivity index (χ3v) is 7.46. The van der Waals surface area contributed by atoms with Gasteiger partial charge in [0.15, 0.2) is 0 Å². The highest BCUT2D eigenvalue weighted by Crippen LogP contribution is 2.17. The third-order valence-electron chi connectivity index (χ3n) is 5.65. The summed E-state index contributed by atoms with van der Waals surface area (Å²) in [5, 5.41) is 3.53. The molecule has 2 aromatic rings. The lowest BCUT2D eigenvalue weighted by molar-refractivity contribution is -0.140. The van der Waals surface area contributed by atoms with Gasteiger partial charge in [-0.25, -0.2) is 13.1 Å². The molecule has 2 aromatic carbocycles. The van der Waals surface area contributed by atoms with Crippen molar-refractivity contribution in [3.63, 3.8) is 0 Å². The highest BCUT2D eigenvalue weighted by Gasteiger charge is 2.26. The molecule has 9 heteroatoms. The van der Waals surface area contributed by atoms with Gasteiger partial charge in [-0.15, -0.1) is 0 Å². The highest BCUT2D eigenvalue weighted by atomic mass is 35.5. The molecule has 0 heterocycles. The van der Waals surface area contributed by atoms with Crippen LogP contribution in [0.15, 0.2) is 53.4 Å². The first-order valence-electron chi connectivity index (χ1n) is 11.9. The van der Waals surface area contributed by atoms with Crippen LogP contribution in [0.3, 0.4) is 0 Å². The van der Waals surface area contributed by atoms with E-state index in [4.69, 9.17) is 11.6 Å². The maximum Gasteiger partial charge on any atom is 0.242 e. The summed E-state index contributed by atoms with van der Waals surface area (Å²) >= 11 is 5.99. The number of rotatable bonds is 13. The largest absolute Gasteiger partial charge is 0.354 e. The van der Waals surface area contributed by atoms with E-state index < -0.39 is 16.1 Å². The Labute approximate surface area is 214 Å². The van der Waals surface area contributed by atoms with Gasteiger partial charge in [0.25, 0.3) is 0 Å². The number of carbonyl (C=O) groups is 2. The maximum absolute atomic E-state index is 13.2.